The van der Waals surface area contributed by atoms with Crippen molar-refractivity contribution in [3.8, 4) is 0 Å². The molecular formula is C8H18N4O. The van der Waals surface area contributed by atoms with Crippen LogP contribution in [0.1, 0.15) is 0 Å². The lowest BCUT2D eigenvalue weighted by atomic mass is 10.4. The first-order chi connectivity index (χ1) is 6.09. The first kappa shape index (κ1) is 10.3. The lowest BCUT2D eigenvalue weighted by molar-refractivity contribution is 0.104. The monoisotopic (exact) mass is 186 g/mol. The second-order valence-corrected chi connectivity index (χ2v) is 3.60. The zero-order valence-corrected chi connectivity index (χ0v) is 8.58. The Morgan fingerprint density at radius 2 is 1.77 bits per heavy atom. The van der Waals surface area contributed by atoms with E-state index in [1.54, 1.807) is 19.0 Å². The average molecular weight is 186 g/mol. The maximum atomic E-state index is 11.3. The van der Waals surface area contributed by atoms with E-state index in [0.29, 0.717) is 0 Å². The first-order valence-corrected chi connectivity index (χ1v) is 4.51. The SMILES string of the molecule is CN1CCN(NC(=O)N(C)C)CC1. The molecule has 0 aromatic carbocycles. The second-order valence-electron chi connectivity index (χ2n) is 3.60. The van der Waals surface area contributed by atoms with Crippen molar-refractivity contribution in [2.45, 2.75) is 0 Å². The Labute approximate surface area is 79.2 Å². The third-order valence-corrected chi connectivity index (χ3v) is 2.16. The maximum absolute atomic E-state index is 11.3. The predicted molar refractivity (Wildman–Crippen MR) is 51.3 cm³/mol. The van der Waals surface area contributed by atoms with Gasteiger partial charge >= 0.3 is 6.03 Å². The van der Waals surface area contributed by atoms with E-state index in [1.165, 1.54) is 0 Å². The number of rotatable bonds is 1. The van der Waals surface area contributed by atoms with Crippen LogP contribution >= 0.6 is 0 Å². The van der Waals surface area contributed by atoms with Crippen molar-refractivity contribution in [2.75, 3.05) is 47.3 Å². The van der Waals surface area contributed by atoms with E-state index in [9.17, 15) is 4.79 Å². The molecule has 5 heteroatoms. The van der Waals surface area contributed by atoms with Crippen molar-refractivity contribution in [3.05, 3.63) is 0 Å². The molecule has 5 nitrogen and oxygen atoms in total. The summed E-state index contributed by atoms with van der Waals surface area (Å²) in [6.45, 7) is 3.81. The molecule has 0 aliphatic carbocycles. The highest BCUT2D eigenvalue weighted by molar-refractivity contribution is 5.72. The summed E-state index contributed by atoms with van der Waals surface area (Å²) >= 11 is 0. The van der Waals surface area contributed by atoms with E-state index in [4.69, 9.17) is 0 Å². The van der Waals surface area contributed by atoms with Gasteiger partial charge in [0.05, 0.1) is 0 Å². The summed E-state index contributed by atoms with van der Waals surface area (Å²) in [6.07, 6.45) is 0. The Hall–Kier alpha value is -0.810. The van der Waals surface area contributed by atoms with Gasteiger partial charge < -0.3 is 9.80 Å². The van der Waals surface area contributed by atoms with E-state index < -0.39 is 0 Å². The first-order valence-electron chi connectivity index (χ1n) is 4.51. The number of carbonyl (C=O) groups excluding carboxylic acids is 1. The van der Waals surface area contributed by atoms with E-state index >= 15 is 0 Å². The van der Waals surface area contributed by atoms with Gasteiger partial charge in [0, 0.05) is 40.3 Å². The molecule has 1 aliphatic rings. The van der Waals surface area contributed by atoms with Crippen LogP contribution in [0.25, 0.3) is 0 Å². The van der Waals surface area contributed by atoms with Crippen LogP contribution in [-0.2, 0) is 0 Å². The third-order valence-electron chi connectivity index (χ3n) is 2.16. The summed E-state index contributed by atoms with van der Waals surface area (Å²) in [6, 6.07) is -0.0513. The molecule has 0 spiro atoms. The van der Waals surface area contributed by atoms with Gasteiger partial charge in [-0.1, -0.05) is 0 Å². The fraction of sp³-hybridized carbons (Fsp3) is 0.875. The molecule has 0 radical (unpaired) electrons. The molecular weight excluding hydrogens is 168 g/mol. The molecule has 1 rings (SSSR count). The molecule has 2 amide bonds. The Morgan fingerprint density at radius 1 is 1.23 bits per heavy atom. The van der Waals surface area contributed by atoms with Gasteiger partial charge in [-0.05, 0) is 7.05 Å². The lowest BCUT2D eigenvalue weighted by Crippen LogP contribution is -2.54. The fourth-order valence-electron chi connectivity index (χ4n) is 1.15. The quantitative estimate of drug-likeness (QED) is 0.595. The molecule has 0 aromatic rings. The third kappa shape index (κ3) is 3.20. The number of piperazine rings is 1. The smallest absolute Gasteiger partial charge is 0.330 e. The van der Waals surface area contributed by atoms with Crippen molar-refractivity contribution in [2.24, 2.45) is 0 Å². The Bertz CT molecular complexity index is 175. The minimum absolute atomic E-state index is 0.0513. The molecule has 0 unspecified atom stereocenters. The minimum Gasteiger partial charge on any atom is -0.330 e. The fourth-order valence-corrected chi connectivity index (χ4v) is 1.15. The lowest BCUT2D eigenvalue weighted by Gasteiger charge is -2.32. The van der Waals surface area contributed by atoms with Gasteiger partial charge in [0.1, 0.15) is 0 Å². The van der Waals surface area contributed by atoms with Gasteiger partial charge in [-0.25, -0.2) is 9.80 Å². The van der Waals surface area contributed by atoms with Gasteiger partial charge in [0.25, 0.3) is 0 Å². The van der Waals surface area contributed by atoms with E-state index in [0.717, 1.165) is 26.2 Å². The van der Waals surface area contributed by atoms with Crippen LogP contribution in [0.3, 0.4) is 0 Å². The van der Waals surface area contributed by atoms with Crippen molar-refractivity contribution in [1.29, 1.82) is 0 Å². The number of likely N-dealkylation sites (N-methyl/N-ethyl adjacent to an activating group) is 1. The molecule has 1 saturated heterocycles. The van der Waals surface area contributed by atoms with Crippen LogP contribution in [0.5, 0.6) is 0 Å². The van der Waals surface area contributed by atoms with Crippen molar-refractivity contribution >= 4 is 6.03 Å². The summed E-state index contributed by atoms with van der Waals surface area (Å²) in [5, 5.41) is 1.96. The Kier molecular flexibility index (Phi) is 3.50. The van der Waals surface area contributed by atoms with E-state index in [2.05, 4.69) is 17.4 Å². The van der Waals surface area contributed by atoms with Gasteiger partial charge in [0.2, 0.25) is 0 Å². The molecule has 1 N–H and O–H groups in total. The molecule has 13 heavy (non-hydrogen) atoms. The second kappa shape index (κ2) is 4.43. The van der Waals surface area contributed by atoms with Crippen molar-refractivity contribution in [1.82, 2.24) is 20.2 Å². The molecule has 1 aliphatic heterocycles. The number of hydrogen-bond acceptors (Lipinski definition) is 3. The van der Waals surface area contributed by atoms with Crippen molar-refractivity contribution < 1.29 is 4.79 Å². The number of amides is 2. The van der Waals surface area contributed by atoms with Gasteiger partial charge in [-0.15, -0.1) is 0 Å². The van der Waals surface area contributed by atoms with Crippen LogP contribution in [0.4, 0.5) is 4.79 Å². The topological polar surface area (TPSA) is 38.8 Å². The zero-order valence-electron chi connectivity index (χ0n) is 8.58. The maximum Gasteiger partial charge on any atom is 0.331 e. The molecule has 0 aromatic heterocycles. The van der Waals surface area contributed by atoms with Gasteiger partial charge in [0.15, 0.2) is 0 Å². The number of hydrazine groups is 1. The number of carbonyl (C=O) groups is 1. The standard InChI is InChI=1S/C8H18N4O/c1-10(2)8(13)9-12-6-4-11(3)5-7-12/h4-7H2,1-3H3,(H,9,13). The van der Waals surface area contributed by atoms with Crippen LogP contribution in [0, 0.1) is 0 Å². The average Bonchev–Trinajstić information content (AvgIpc) is 2.08. The summed E-state index contributed by atoms with van der Waals surface area (Å²) in [7, 11) is 5.57. The van der Waals surface area contributed by atoms with Gasteiger partial charge in [-0.3, -0.25) is 5.43 Å². The van der Waals surface area contributed by atoms with E-state index in [-0.39, 0.29) is 6.03 Å². The highest BCUT2D eigenvalue weighted by Gasteiger charge is 2.15. The summed E-state index contributed by atoms with van der Waals surface area (Å²) in [5.74, 6) is 0. The highest BCUT2D eigenvalue weighted by atomic mass is 16.2. The number of urea groups is 1. The number of nitrogens with one attached hydrogen (secondary N) is 1. The number of hydrogen-bond donors (Lipinski definition) is 1. The van der Waals surface area contributed by atoms with Gasteiger partial charge in [-0.2, -0.15) is 0 Å². The molecule has 1 heterocycles. The molecule has 0 atom stereocenters. The highest BCUT2D eigenvalue weighted by Crippen LogP contribution is 1.95. The summed E-state index contributed by atoms with van der Waals surface area (Å²) < 4.78 is 0. The summed E-state index contributed by atoms with van der Waals surface area (Å²) in [4.78, 5) is 15.0. The molecule has 0 saturated carbocycles. The van der Waals surface area contributed by atoms with Crippen molar-refractivity contribution in [3.63, 3.8) is 0 Å². The predicted octanol–water partition coefficient (Wildman–Crippen LogP) is -0.580. The Morgan fingerprint density at radius 3 is 2.23 bits per heavy atom. The summed E-state index contributed by atoms with van der Waals surface area (Å²) in [5.41, 5.74) is 2.83. The van der Waals surface area contributed by atoms with E-state index in [1.807, 2.05) is 5.01 Å². The molecule has 76 valence electrons. The minimum atomic E-state index is -0.0513. The van der Waals surface area contributed by atoms with Crippen LogP contribution in [0.2, 0.25) is 0 Å². The zero-order chi connectivity index (χ0) is 9.84. The number of nitrogens with zero attached hydrogens (tertiary/aromatic N) is 3. The largest absolute Gasteiger partial charge is 0.331 e. The normalized spacial score (nSPS) is 19.9. The van der Waals surface area contributed by atoms with Crippen LogP contribution < -0.4 is 5.43 Å². The van der Waals surface area contributed by atoms with Crippen LogP contribution in [-0.4, -0.2) is 68.2 Å². The molecule has 0 bridgehead atoms. The van der Waals surface area contributed by atoms with Crippen LogP contribution in [0.15, 0.2) is 0 Å². The Balaban J connectivity index is 2.26. The molecule has 1 fully saturated rings.